The van der Waals surface area contributed by atoms with Crippen LogP contribution in [0.15, 0.2) is 84.9 Å². The lowest BCUT2D eigenvalue weighted by atomic mass is 10.2. The highest BCUT2D eigenvalue weighted by atomic mass is 79.9. The van der Waals surface area contributed by atoms with Gasteiger partial charge in [0.2, 0.25) is 11.2 Å². The molecule has 0 saturated heterocycles. The summed E-state index contributed by atoms with van der Waals surface area (Å²) in [6.45, 7) is 1.65. The molecule has 0 atom stereocenters. The zero-order chi connectivity index (χ0) is 21.3. The first-order valence-electron chi connectivity index (χ1n) is 8.90. The molecule has 0 unspecified atom stereocenters. The molecule has 0 aliphatic carbocycles. The molecule has 0 fully saturated rings. The number of rotatable bonds is 4. The first kappa shape index (κ1) is 20.4. The third-order valence-electron chi connectivity index (χ3n) is 4.33. The molecule has 0 spiro atoms. The van der Waals surface area contributed by atoms with Gasteiger partial charge in [0.25, 0.3) is 0 Å². The fraction of sp³-hybridized carbons (Fsp3) is 0.0435. The number of ether oxygens (including phenoxy) is 2. The highest BCUT2D eigenvalue weighted by Gasteiger charge is 2.16. The second kappa shape index (κ2) is 8.45. The Morgan fingerprint density at radius 1 is 0.967 bits per heavy atom. The van der Waals surface area contributed by atoms with Gasteiger partial charge in [-0.25, -0.2) is 4.79 Å². The Morgan fingerprint density at radius 3 is 2.43 bits per heavy atom. The van der Waals surface area contributed by atoms with Crippen LogP contribution in [0.1, 0.15) is 16.1 Å². The SMILES string of the molecule is Cc1oc2cc(OC(=O)c3ccc(Br)cc3)ccc2c(=O)c1Oc1ccccc1Br. The van der Waals surface area contributed by atoms with Crippen LogP contribution in [0.25, 0.3) is 11.0 Å². The van der Waals surface area contributed by atoms with E-state index in [1.54, 1.807) is 49.4 Å². The quantitative estimate of drug-likeness (QED) is 0.219. The van der Waals surface area contributed by atoms with Gasteiger partial charge in [-0.2, -0.15) is 0 Å². The molecule has 1 heterocycles. The Hall–Kier alpha value is -2.90. The standard InChI is InChI=1S/C23H14Br2O5/c1-13-22(30-19-5-3-2-4-18(19)25)21(26)17-11-10-16(12-20(17)28-13)29-23(27)14-6-8-15(24)9-7-14/h2-12H,1H3. The van der Waals surface area contributed by atoms with Crippen LogP contribution in [0, 0.1) is 6.92 Å². The molecule has 0 N–H and O–H groups in total. The van der Waals surface area contributed by atoms with E-state index in [0.29, 0.717) is 28.0 Å². The molecule has 4 aromatic rings. The second-order valence-electron chi connectivity index (χ2n) is 6.40. The number of fused-ring (bicyclic) bond motifs is 1. The predicted molar refractivity (Wildman–Crippen MR) is 121 cm³/mol. The highest BCUT2D eigenvalue weighted by molar-refractivity contribution is 9.10. The lowest BCUT2D eigenvalue weighted by Crippen LogP contribution is -2.10. The fourth-order valence-corrected chi connectivity index (χ4v) is 3.47. The summed E-state index contributed by atoms with van der Waals surface area (Å²) in [5, 5.41) is 0.325. The largest absolute Gasteiger partial charge is 0.457 e. The number of hydrogen-bond acceptors (Lipinski definition) is 5. The van der Waals surface area contributed by atoms with Crippen molar-refractivity contribution < 1.29 is 18.7 Å². The van der Waals surface area contributed by atoms with Crippen molar-refractivity contribution in [3.05, 3.63) is 97.2 Å². The van der Waals surface area contributed by atoms with Crippen molar-refractivity contribution >= 4 is 48.8 Å². The average Bonchev–Trinajstić information content (AvgIpc) is 2.72. The first-order valence-corrected chi connectivity index (χ1v) is 10.5. The number of aryl methyl sites for hydroxylation is 1. The van der Waals surface area contributed by atoms with E-state index >= 15 is 0 Å². The Labute approximate surface area is 188 Å². The van der Waals surface area contributed by atoms with Gasteiger partial charge in [-0.3, -0.25) is 4.79 Å². The molecule has 0 bridgehead atoms. The predicted octanol–water partition coefficient (Wildman–Crippen LogP) is 6.64. The summed E-state index contributed by atoms with van der Waals surface area (Å²) < 4.78 is 18.6. The van der Waals surface area contributed by atoms with Crippen LogP contribution in [0.4, 0.5) is 0 Å². The monoisotopic (exact) mass is 528 g/mol. The van der Waals surface area contributed by atoms with Crippen molar-refractivity contribution in [1.82, 2.24) is 0 Å². The molecule has 0 amide bonds. The number of halogens is 2. The van der Waals surface area contributed by atoms with Crippen molar-refractivity contribution in [2.45, 2.75) is 6.92 Å². The molecule has 0 aliphatic rings. The number of hydrogen-bond donors (Lipinski definition) is 0. The zero-order valence-electron chi connectivity index (χ0n) is 15.6. The van der Waals surface area contributed by atoms with Crippen LogP contribution in [0.2, 0.25) is 0 Å². The van der Waals surface area contributed by atoms with E-state index in [4.69, 9.17) is 13.9 Å². The summed E-state index contributed by atoms with van der Waals surface area (Å²) in [6.07, 6.45) is 0. The molecule has 3 aromatic carbocycles. The van der Waals surface area contributed by atoms with Crippen LogP contribution < -0.4 is 14.9 Å². The molecule has 0 saturated carbocycles. The van der Waals surface area contributed by atoms with E-state index in [2.05, 4.69) is 31.9 Å². The maximum atomic E-state index is 12.9. The molecule has 0 radical (unpaired) electrons. The summed E-state index contributed by atoms with van der Waals surface area (Å²) in [5.74, 6) is 0.702. The van der Waals surface area contributed by atoms with Crippen molar-refractivity contribution in [2.75, 3.05) is 0 Å². The smallest absolute Gasteiger partial charge is 0.343 e. The van der Waals surface area contributed by atoms with Crippen molar-refractivity contribution in [1.29, 1.82) is 0 Å². The molecule has 0 aliphatic heterocycles. The van der Waals surface area contributed by atoms with Crippen molar-refractivity contribution in [2.24, 2.45) is 0 Å². The molecular weight excluding hydrogens is 516 g/mol. The van der Waals surface area contributed by atoms with Gasteiger partial charge in [-0.1, -0.05) is 28.1 Å². The highest BCUT2D eigenvalue weighted by Crippen LogP contribution is 2.31. The zero-order valence-corrected chi connectivity index (χ0v) is 18.8. The van der Waals surface area contributed by atoms with Crippen LogP contribution in [0.5, 0.6) is 17.2 Å². The maximum Gasteiger partial charge on any atom is 0.343 e. The van der Waals surface area contributed by atoms with Crippen molar-refractivity contribution in [3.8, 4) is 17.2 Å². The number of carbonyl (C=O) groups is 1. The number of para-hydroxylation sites is 1. The second-order valence-corrected chi connectivity index (χ2v) is 8.17. The molecule has 1 aromatic heterocycles. The van der Waals surface area contributed by atoms with Gasteiger partial charge >= 0.3 is 5.97 Å². The molecule has 150 valence electrons. The third-order valence-corrected chi connectivity index (χ3v) is 5.51. The van der Waals surface area contributed by atoms with Gasteiger partial charge < -0.3 is 13.9 Å². The minimum absolute atomic E-state index is 0.106. The van der Waals surface area contributed by atoms with Crippen LogP contribution in [-0.4, -0.2) is 5.97 Å². The lowest BCUT2D eigenvalue weighted by Gasteiger charge is -2.11. The van der Waals surface area contributed by atoms with Crippen LogP contribution >= 0.6 is 31.9 Å². The maximum absolute atomic E-state index is 12.9. The van der Waals surface area contributed by atoms with Gasteiger partial charge in [0.15, 0.2) is 0 Å². The average molecular weight is 530 g/mol. The summed E-state index contributed by atoms with van der Waals surface area (Å²) in [7, 11) is 0. The van der Waals surface area contributed by atoms with Crippen molar-refractivity contribution in [3.63, 3.8) is 0 Å². The normalized spacial score (nSPS) is 10.8. The van der Waals surface area contributed by atoms with E-state index < -0.39 is 5.97 Å². The van der Waals surface area contributed by atoms with Crippen LogP contribution in [-0.2, 0) is 0 Å². The fourth-order valence-electron chi connectivity index (χ4n) is 2.84. The Kier molecular flexibility index (Phi) is 5.74. The van der Waals surface area contributed by atoms with Gasteiger partial charge in [-0.15, -0.1) is 0 Å². The molecule has 4 rings (SSSR count). The molecule has 7 heteroatoms. The van der Waals surface area contributed by atoms with E-state index in [1.807, 2.05) is 18.2 Å². The van der Waals surface area contributed by atoms with E-state index in [-0.39, 0.29) is 16.9 Å². The lowest BCUT2D eigenvalue weighted by molar-refractivity contribution is 0.0735. The summed E-state index contributed by atoms with van der Waals surface area (Å²) in [6, 6.07) is 18.7. The topological polar surface area (TPSA) is 65.7 Å². The number of esters is 1. The number of benzene rings is 3. The van der Waals surface area contributed by atoms with Gasteiger partial charge in [-0.05, 0) is 71.4 Å². The third kappa shape index (κ3) is 4.17. The first-order chi connectivity index (χ1) is 14.4. The minimum Gasteiger partial charge on any atom is -0.457 e. The Bertz CT molecular complexity index is 1310. The van der Waals surface area contributed by atoms with E-state index in [9.17, 15) is 9.59 Å². The van der Waals surface area contributed by atoms with Gasteiger partial charge in [0.1, 0.15) is 22.8 Å². The minimum atomic E-state index is -0.505. The van der Waals surface area contributed by atoms with Gasteiger partial charge in [0, 0.05) is 10.5 Å². The van der Waals surface area contributed by atoms with E-state index in [1.165, 1.54) is 6.07 Å². The Morgan fingerprint density at radius 2 is 1.70 bits per heavy atom. The van der Waals surface area contributed by atoms with Gasteiger partial charge in [0.05, 0.1) is 15.4 Å². The number of carbonyl (C=O) groups excluding carboxylic acids is 1. The summed E-state index contributed by atoms with van der Waals surface area (Å²) in [5.41, 5.74) is 0.404. The van der Waals surface area contributed by atoms with Crippen LogP contribution in [0.3, 0.4) is 0 Å². The summed E-state index contributed by atoms with van der Waals surface area (Å²) in [4.78, 5) is 25.3. The molecule has 5 nitrogen and oxygen atoms in total. The Balaban J connectivity index is 1.65. The molecule has 30 heavy (non-hydrogen) atoms. The van der Waals surface area contributed by atoms with E-state index in [0.717, 1.165) is 8.95 Å². The summed E-state index contributed by atoms with van der Waals surface area (Å²) >= 11 is 6.73. The molecular formula is C23H14Br2O5.